The molecular formula is C17H16. The van der Waals surface area contributed by atoms with E-state index in [1.165, 1.54) is 36.8 Å². The number of hydrogen-bond donors (Lipinski definition) is 0. The number of rotatable bonds is 0. The maximum Gasteiger partial charge on any atom is -0.00198 e. The second kappa shape index (κ2) is 3.46. The lowest BCUT2D eigenvalue weighted by Crippen LogP contribution is -1.95. The zero-order valence-corrected chi connectivity index (χ0v) is 10.00. The first-order valence-electron chi connectivity index (χ1n) is 6.57. The Morgan fingerprint density at radius 2 is 1.59 bits per heavy atom. The van der Waals surface area contributed by atoms with Crippen LogP contribution in [0.5, 0.6) is 0 Å². The van der Waals surface area contributed by atoms with Crippen molar-refractivity contribution in [1.82, 2.24) is 0 Å². The fourth-order valence-electron chi connectivity index (χ4n) is 3.28. The van der Waals surface area contributed by atoms with Crippen molar-refractivity contribution < 1.29 is 0 Å². The van der Waals surface area contributed by atoms with Gasteiger partial charge in [0.15, 0.2) is 0 Å². The Kier molecular flexibility index (Phi) is 1.93. The summed E-state index contributed by atoms with van der Waals surface area (Å²) in [5.74, 6) is 0. The standard InChI is InChI=1S/C17H16/c1-2-4-12-8-16(9-13(12)5-3-1)17-10-14-6-7-15(14)11-17/h1-5,8H,6-7,9-11H2. The summed E-state index contributed by atoms with van der Waals surface area (Å²) in [4.78, 5) is 0. The zero-order valence-electron chi connectivity index (χ0n) is 10.00. The summed E-state index contributed by atoms with van der Waals surface area (Å²) < 4.78 is 0. The molecule has 0 heteroatoms. The minimum absolute atomic E-state index is 1.15. The van der Waals surface area contributed by atoms with Gasteiger partial charge in [-0.1, -0.05) is 53.2 Å². The lowest BCUT2D eigenvalue weighted by Gasteiger charge is -2.14. The van der Waals surface area contributed by atoms with Crippen LogP contribution >= 0.6 is 0 Å². The summed E-state index contributed by atoms with van der Waals surface area (Å²) in [6.45, 7) is 0. The molecule has 0 N–H and O–H groups in total. The molecule has 4 rings (SSSR count). The van der Waals surface area contributed by atoms with Crippen LogP contribution in [0.4, 0.5) is 0 Å². The van der Waals surface area contributed by atoms with Gasteiger partial charge in [0.05, 0.1) is 0 Å². The molecule has 0 radical (unpaired) electrons. The third kappa shape index (κ3) is 1.44. The quantitative estimate of drug-likeness (QED) is 0.525. The van der Waals surface area contributed by atoms with Crippen LogP contribution in [0.1, 0.15) is 32.1 Å². The van der Waals surface area contributed by atoms with E-state index in [1.807, 2.05) is 0 Å². The van der Waals surface area contributed by atoms with Crippen LogP contribution in [-0.4, -0.2) is 0 Å². The molecule has 0 aromatic heterocycles. The van der Waals surface area contributed by atoms with Gasteiger partial charge >= 0.3 is 0 Å². The number of fused-ring (bicyclic) bond motifs is 1. The molecule has 0 fully saturated rings. The van der Waals surface area contributed by atoms with E-state index in [-0.39, 0.29) is 0 Å². The van der Waals surface area contributed by atoms with Crippen molar-refractivity contribution in [2.75, 3.05) is 0 Å². The minimum Gasteiger partial charge on any atom is -0.0663 e. The second-order valence-corrected chi connectivity index (χ2v) is 5.40. The molecule has 0 aromatic rings. The van der Waals surface area contributed by atoms with Crippen LogP contribution in [0.3, 0.4) is 0 Å². The summed E-state index contributed by atoms with van der Waals surface area (Å²) in [5.41, 5.74) is 9.72. The van der Waals surface area contributed by atoms with E-state index >= 15 is 0 Å². The third-order valence-corrected chi connectivity index (χ3v) is 4.41. The van der Waals surface area contributed by atoms with Crippen molar-refractivity contribution >= 4 is 0 Å². The Morgan fingerprint density at radius 3 is 2.35 bits per heavy atom. The molecule has 84 valence electrons. The predicted octanol–water partition coefficient (Wildman–Crippen LogP) is 4.55. The molecule has 0 amide bonds. The maximum absolute atomic E-state index is 2.41. The van der Waals surface area contributed by atoms with E-state index in [2.05, 4.69) is 36.5 Å². The molecule has 4 aliphatic carbocycles. The topological polar surface area (TPSA) is 0 Å². The average molecular weight is 220 g/mol. The first-order valence-corrected chi connectivity index (χ1v) is 6.57. The van der Waals surface area contributed by atoms with Crippen molar-refractivity contribution in [3.05, 3.63) is 69.9 Å². The lowest BCUT2D eigenvalue weighted by atomic mass is 9.92. The van der Waals surface area contributed by atoms with Crippen LogP contribution in [0.25, 0.3) is 0 Å². The monoisotopic (exact) mass is 220 g/mol. The first-order chi connectivity index (χ1) is 8.40. The summed E-state index contributed by atoms with van der Waals surface area (Å²) in [6.07, 6.45) is 19.8. The SMILES string of the molecule is C1=CC=C2CC(=C3CC4=C(CC4)C3)C=C2C=C1. The molecule has 4 aliphatic rings. The highest BCUT2D eigenvalue weighted by Gasteiger charge is 2.28. The molecular weight excluding hydrogens is 204 g/mol. The highest BCUT2D eigenvalue weighted by molar-refractivity contribution is 5.59. The molecule has 0 heterocycles. The Labute approximate surface area is 102 Å². The lowest BCUT2D eigenvalue weighted by molar-refractivity contribution is 0.800. The van der Waals surface area contributed by atoms with Gasteiger partial charge in [-0.05, 0) is 48.8 Å². The maximum atomic E-state index is 2.41. The molecule has 0 aliphatic heterocycles. The van der Waals surface area contributed by atoms with Crippen molar-refractivity contribution in [1.29, 1.82) is 0 Å². The van der Waals surface area contributed by atoms with E-state index in [1.54, 1.807) is 22.3 Å². The molecule has 0 nitrogen and oxygen atoms in total. The molecule has 17 heavy (non-hydrogen) atoms. The molecule has 0 atom stereocenters. The predicted molar refractivity (Wildman–Crippen MR) is 71.6 cm³/mol. The Hall–Kier alpha value is -1.56. The summed E-state index contributed by atoms with van der Waals surface area (Å²) in [6, 6.07) is 0. The van der Waals surface area contributed by atoms with E-state index in [0.29, 0.717) is 0 Å². The van der Waals surface area contributed by atoms with Gasteiger partial charge in [-0.2, -0.15) is 0 Å². The molecule has 0 aromatic carbocycles. The van der Waals surface area contributed by atoms with Gasteiger partial charge in [-0.25, -0.2) is 0 Å². The van der Waals surface area contributed by atoms with Gasteiger partial charge in [-0.15, -0.1) is 0 Å². The van der Waals surface area contributed by atoms with Gasteiger partial charge in [0.1, 0.15) is 0 Å². The van der Waals surface area contributed by atoms with Gasteiger partial charge in [-0.3, -0.25) is 0 Å². The van der Waals surface area contributed by atoms with E-state index in [4.69, 9.17) is 0 Å². The minimum atomic E-state index is 1.15. The van der Waals surface area contributed by atoms with Gasteiger partial charge < -0.3 is 0 Å². The third-order valence-electron chi connectivity index (χ3n) is 4.41. The Balaban J connectivity index is 1.69. The highest BCUT2D eigenvalue weighted by atomic mass is 14.3. The van der Waals surface area contributed by atoms with Gasteiger partial charge in [0.25, 0.3) is 0 Å². The van der Waals surface area contributed by atoms with E-state index in [9.17, 15) is 0 Å². The fraction of sp³-hybridized carbons (Fsp3) is 0.294. The van der Waals surface area contributed by atoms with Crippen molar-refractivity contribution in [3.63, 3.8) is 0 Å². The highest BCUT2D eigenvalue weighted by Crippen LogP contribution is 2.47. The van der Waals surface area contributed by atoms with Gasteiger partial charge in [0, 0.05) is 0 Å². The number of hydrogen-bond acceptors (Lipinski definition) is 0. The summed E-state index contributed by atoms with van der Waals surface area (Å²) >= 11 is 0. The molecule has 0 unspecified atom stereocenters. The van der Waals surface area contributed by atoms with Crippen LogP contribution in [-0.2, 0) is 0 Å². The molecule has 0 bridgehead atoms. The fourth-order valence-corrected chi connectivity index (χ4v) is 3.28. The smallest absolute Gasteiger partial charge is 0.00198 e. The van der Waals surface area contributed by atoms with Crippen LogP contribution in [0.2, 0.25) is 0 Å². The van der Waals surface area contributed by atoms with E-state index < -0.39 is 0 Å². The first kappa shape index (κ1) is 9.47. The van der Waals surface area contributed by atoms with Crippen molar-refractivity contribution in [3.8, 4) is 0 Å². The average Bonchev–Trinajstić information content (AvgIpc) is 2.75. The van der Waals surface area contributed by atoms with E-state index in [0.717, 1.165) is 6.42 Å². The van der Waals surface area contributed by atoms with Crippen LogP contribution in [0.15, 0.2) is 69.9 Å². The van der Waals surface area contributed by atoms with Crippen molar-refractivity contribution in [2.45, 2.75) is 32.1 Å². The largest absolute Gasteiger partial charge is 0.0663 e. The Morgan fingerprint density at radius 1 is 0.765 bits per heavy atom. The normalized spacial score (nSPS) is 25.4. The number of allylic oxidation sites excluding steroid dienone is 12. The Bertz CT molecular complexity index is 553. The van der Waals surface area contributed by atoms with Crippen molar-refractivity contribution in [2.24, 2.45) is 0 Å². The molecule has 0 saturated heterocycles. The summed E-state index contributed by atoms with van der Waals surface area (Å²) in [7, 11) is 0. The second-order valence-electron chi connectivity index (χ2n) is 5.40. The molecule has 0 spiro atoms. The van der Waals surface area contributed by atoms with Crippen LogP contribution < -0.4 is 0 Å². The van der Waals surface area contributed by atoms with Crippen LogP contribution in [0, 0.1) is 0 Å². The molecule has 0 saturated carbocycles. The zero-order chi connectivity index (χ0) is 11.2. The summed E-state index contributed by atoms with van der Waals surface area (Å²) in [5, 5.41) is 0. The van der Waals surface area contributed by atoms with Gasteiger partial charge in [0.2, 0.25) is 0 Å².